The van der Waals surface area contributed by atoms with Crippen LogP contribution >= 0.6 is 11.6 Å². The van der Waals surface area contributed by atoms with Gasteiger partial charge in [-0.05, 0) is 42.0 Å². The summed E-state index contributed by atoms with van der Waals surface area (Å²) in [6, 6.07) is 11.5. The van der Waals surface area contributed by atoms with Crippen LogP contribution in [0.3, 0.4) is 0 Å². The molecule has 1 amide bonds. The van der Waals surface area contributed by atoms with Gasteiger partial charge in [0.2, 0.25) is 5.91 Å². The van der Waals surface area contributed by atoms with Crippen LogP contribution in [0.2, 0.25) is 5.02 Å². The number of primary amides is 1. The number of carbonyl (C=O) groups excluding carboxylic acids is 1. The highest BCUT2D eigenvalue weighted by Crippen LogP contribution is 2.35. The summed E-state index contributed by atoms with van der Waals surface area (Å²) in [7, 11) is -1.67. The molecule has 0 radical (unpaired) electrons. The molecule has 3 aromatic rings. The molecule has 34 heavy (non-hydrogen) atoms. The minimum absolute atomic E-state index is 0.0521. The third kappa shape index (κ3) is 5.23. The van der Waals surface area contributed by atoms with E-state index < -0.39 is 34.1 Å². The maximum Gasteiger partial charge on any atom is 0.264 e. The summed E-state index contributed by atoms with van der Waals surface area (Å²) in [5.74, 6) is -2.12. The number of anilines is 1. The topological polar surface area (TPSA) is 98.9 Å². The molecule has 0 unspecified atom stereocenters. The Balaban J connectivity index is 2.19. The molecule has 3 aromatic carbocycles. The van der Waals surface area contributed by atoms with E-state index in [0.29, 0.717) is 5.75 Å². The Morgan fingerprint density at radius 3 is 2.24 bits per heavy atom. The largest absolute Gasteiger partial charge is 0.493 e. The number of sulfonamides is 1. The van der Waals surface area contributed by atoms with Crippen molar-refractivity contribution in [2.75, 3.05) is 25.1 Å². The lowest BCUT2D eigenvalue weighted by Gasteiger charge is -2.26. The van der Waals surface area contributed by atoms with Crippen LogP contribution < -0.4 is 19.5 Å². The van der Waals surface area contributed by atoms with Gasteiger partial charge >= 0.3 is 0 Å². The monoisotopic (exact) mass is 510 g/mol. The number of ether oxygens (including phenoxy) is 2. The molecule has 0 aromatic heterocycles. The molecule has 0 aliphatic rings. The van der Waals surface area contributed by atoms with Crippen LogP contribution in [-0.2, 0) is 21.2 Å². The highest BCUT2D eigenvalue weighted by Gasteiger charge is 2.30. The standard InChI is InChI=1S/C23H21ClF2N2O5S/c1-32-21-9-8-16(12-22(21)33-2)34(30,31)28(13-23(27)29)20-11-15(24)7-6-14(20)10-17-18(25)4-3-5-19(17)26/h3-9,11-12H,10,13H2,1-2H3,(H2,27,29). The average molecular weight is 511 g/mol. The Morgan fingerprint density at radius 1 is 1.00 bits per heavy atom. The maximum atomic E-state index is 14.3. The van der Waals surface area contributed by atoms with Gasteiger partial charge in [-0.25, -0.2) is 17.2 Å². The first-order valence-corrected chi connectivity index (χ1v) is 11.6. The van der Waals surface area contributed by atoms with Gasteiger partial charge in [0.1, 0.15) is 18.2 Å². The maximum absolute atomic E-state index is 14.3. The molecule has 0 saturated carbocycles. The highest BCUT2D eigenvalue weighted by molar-refractivity contribution is 7.92. The smallest absolute Gasteiger partial charge is 0.264 e. The first-order valence-electron chi connectivity index (χ1n) is 9.83. The number of halogens is 3. The SMILES string of the molecule is COc1ccc(S(=O)(=O)N(CC(N)=O)c2cc(Cl)ccc2Cc2c(F)cccc2F)cc1OC. The highest BCUT2D eigenvalue weighted by atomic mass is 35.5. The molecular weight excluding hydrogens is 490 g/mol. The number of nitrogens with two attached hydrogens (primary N) is 1. The summed E-state index contributed by atoms with van der Waals surface area (Å²) in [4.78, 5) is 11.6. The van der Waals surface area contributed by atoms with Crippen LogP contribution in [0.1, 0.15) is 11.1 Å². The Kier molecular flexibility index (Phi) is 7.63. The number of carbonyl (C=O) groups is 1. The van der Waals surface area contributed by atoms with Crippen LogP contribution in [0, 0.1) is 11.6 Å². The fraction of sp³-hybridized carbons (Fsp3) is 0.174. The van der Waals surface area contributed by atoms with E-state index in [1.807, 2.05) is 0 Å². The van der Waals surface area contributed by atoms with Crippen molar-refractivity contribution in [1.82, 2.24) is 0 Å². The fourth-order valence-electron chi connectivity index (χ4n) is 3.36. The Labute approximate surface area is 200 Å². The number of methoxy groups -OCH3 is 2. The number of hydrogen-bond donors (Lipinski definition) is 1. The summed E-state index contributed by atoms with van der Waals surface area (Å²) in [5.41, 5.74) is 5.24. The van der Waals surface area contributed by atoms with Crippen LogP contribution in [-0.4, -0.2) is 35.1 Å². The van der Waals surface area contributed by atoms with Crippen LogP contribution in [0.5, 0.6) is 11.5 Å². The van der Waals surface area contributed by atoms with Gasteiger partial charge in [0.05, 0.1) is 24.8 Å². The number of nitrogens with zero attached hydrogens (tertiary/aromatic N) is 1. The molecule has 0 aliphatic carbocycles. The van der Waals surface area contributed by atoms with Crippen LogP contribution in [0.25, 0.3) is 0 Å². The molecule has 180 valence electrons. The van der Waals surface area contributed by atoms with E-state index in [2.05, 4.69) is 0 Å². The summed E-state index contributed by atoms with van der Waals surface area (Å²) < 4.78 is 66.9. The van der Waals surface area contributed by atoms with E-state index in [4.69, 9.17) is 26.8 Å². The lowest BCUT2D eigenvalue weighted by Crippen LogP contribution is -2.39. The van der Waals surface area contributed by atoms with Gasteiger partial charge in [0, 0.05) is 23.1 Å². The first kappa shape index (κ1) is 25.3. The van der Waals surface area contributed by atoms with E-state index in [1.54, 1.807) is 0 Å². The molecule has 11 heteroatoms. The third-order valence-electron chi connectivity index (χ3n) is 4.99. The molecule has 0 fully saturated rings. The van der Waals surface area contributed by atoms with Crippen molar-refractivity contribution in [3.8, 4) is 11.5 Å². The summed E-state index contributed by atoms with van der Waals surface area (Å²) in [6.45, 7) is -0.746. The Morgan fingerprint density at radius 2 is 1.65 bits per heavy atom. The molecule has 0 bridgehead atoms. The van der Waals surface area contributed by atoms with Crippen molar-refractivity contribution in [3.05, 3.63) is 82.4 Å². The molecule has 3 rings (SSSR count). The summed E-state index contributed by atoms with van der Waals surface area (Å²) >= 11 is 6.12. The second-order valence-corrected chi connectivity index (χ2v) is 9.44. The van der Waals surface area contributed by atoms with Gasteiger partial charge in [-0.2, -0.15) is 0 Å². The molecular formula is C23H21ClF2N2O5S. The van der Waals surface area contributed by atoms with Gasteiger partial charge in [-0.15, -0.1) is 0 Å². The van der Waals surface area contributed by atoms with Gasteiger partial charge in [0.15, 0.2) is 11.5 Å². The molecule has 0 aliphatic heterocycles. The zero-order valence-corrected chi connectivity index (χ0v) is 19.8. The van der Waals surface area contributed by atoms with Crippen molar-refractivity contribution < 1.29 is 31.5 Å². The molecule has 0 heterocycles. The van der Waals surface area contributed by atoms with Gasteiger partial charge in [0.25, 0.3) is 10.0 Å². The molecule has 7 nitrogen and oxygen atoms in total. The van der Waals surface area contributed by atoms with E-state index in [9.17, 15) is 22.0 Å². The Bertz CT molecular complexity index is 1310. The average Bonchev–Trinajstić information content (AvgIpc) is 2.80. The van der Waals surface area contributed by atoms with Crippen molar-refractivity contribution >= 4 is 33.2 Å². The minimum Gasteiger partial charge on any atom is -0.493 e. The predicted molar refractivity (Wildman–Crippen MR) is 124 cm³/mol. The van der Waals surface area contributed by atoms with E-state index in [1.165, 1.54) is 56.7 Å². The van der Waals surface area contributed by atoms with Gasteiger partial charge in [-0.3, -0.25) is 9.10 Å². The lowest BCUT2D eigenvalue weighted by molar-refractivity contribution is -0.116. The summed E-state index contributed by atoms with van der Waals surface area (Å²) in [6.07, 6.45) is -0.304. The van der Waals surface area contributed by atoms with E-state index in [0.717, 1.165) is 16.4 Å². The normalized spacial score (nSPS) is 11.2. The zero-order chi connectivity index (χ0) is 25.0. The van der Waals surface area contributed by atoms with Crippen LogP contribution in [0.4, 0.5) is 14.5 Å². The third-order valence-corrected chi connectivity index (χ3v) is 6.98. The molecule has 0 spiro atoms. The quantitative estimate of drug-likeness (QED) is 0.470. The fourth-order valence-corrected chi connectivity index (χ4v) is 5.00. The van der Waals surface area contributed by atoms with Gasteiger partial charge in [-0.1, -0.05) is 23.7 Å². The predicted octanol–water partition coefficient (Wildman–Crippen LogP) is 3.91. The molecule has 0 saturated heterocycles. The lowest BCUT2D eigenvalue weighted by atomic mass is 10.0. The van der Waals surface area contributed by atoms with Crippen molar-refractivity contribution in [2.24, 2.45) is 5.73 Å². The number of hydrogen-bond acceptors (Lipinski definition) is 5. The molecule has 0 atom stereocenters. The summed E-state index contributed by atoms with van der Waals surface area (Å²) in [5, 5.41) is 0.143. The first-order chi connectivity index (χ1) is 16.1. The molecule has 2 N–H and O–H groups in total. The van der Waals surface area contributed by atoms with E-state index >= 15 is 0 Å². The number of rotatable bonds is 9. The minimum atomic E-state index is -4.41. The van der Waals surface area contributed by atoms with Crippen molar-refractivity contribution in [2.45, 2.75) is 11.3 Å². The Hall–Kier alpha value is -3.37. The van der Waals surface area contributed by atoms with Crippen LogP contribution in [0.15, 0.2) is 59.5 Å². The van der Waals surface area contributed by atoms with Crippen molar-refractivity contribution in [1.29, 1.82) is 0 Å². The second-order valence-electron chi connectivity index (χ2n) is 7.14. The van der Waals surface area contributed by atoms with Crippen molar-refractivity contribution in [3.63, 3.8) is 0 Å². The zero-order valence-electron chi connectivity index (χ0n) is 18.2. The second kappa shape index (κ2) is 10.3. The number of amides is 1. The number of benzene rings is 3. The van der Waals surface area contributed by atoms with E-state index in [-0.39, 0.29) is 38.9 Å². The van der Waals surface area contributed by atoms with Gasteiger partial charge < -0.3 is 15.2 Å².